The average molecular weight is 287 g/mol. The Morgan fingerprint density at radius 2 is 2.20 bits per heavy atom. The van der Waals surface area contributed by atoms with E-state index in [4.69, 9.17) is 4.74 Å². The quantitative estimate of drug-likeness (QED) is 0.894. The normalized spacial score (nSPS) is 14.9. The number of thiophene rings is 1. The van der Waals surface area contributed by atoms with Crippen LogP contribution in [0.4, 0.5) is 0 Å². The lowest BCUT2D eigenvalue weighted by molar-refractivity contribution is 0.357. The van der Waals surface area contributed by atoms with Crippen molar-refractivity contribution in [3.8, 4) is 5.75 Å². The van der Waals surface area contributed by atoms with Crippen LogP contribution in [0.15, 0.2) is 30.3 Å². The van der Waals surface area contributed by atoms with Gasteiger partial charge in [-0.15, -0.1) is 11.3 Å². The van der Waals surface area contributed by atoms with Crippen LogP contribution >= 0.6 is 11.3 Å². The van der Waals surface area contributed by atoms with Gasteiger partial charge in [0, 0.05) is 16.2 Å². The van der Waals surface area contributed by atoms with Crippen LogP contribution < -0.4 is 10.1 Å². The van der Waals surface area contributed by atoms with Crippen molar-refractivity contribution in [1.29, 1.82) is 0 Å². The molecule has 3 heteroatoms. The smallest absolute Gasteiger partial charge is 0.122 e. The van der Waals surface area contributed by atoms with E-state index >= 15 is 0 Å². The highest BCUT2D eigenvalue weighted by atomic mass is 32.1. The fourth-order valence-electron chi connectivity index (χ4n) is 2.67. The molecule has 0 spiro atoms. The Labute approximate surface area is 124 Å². The van der Waals surface area contributed by atoms with Crippen molar-refractivity contribution in [3.05, 3.63) is 51.2 Å². The van der Waals surface area contributed by atoms with Crippen molar-refractivity contribution >= 4 is 11.3 Å². The van der Waals surface area contributed by atoms with Gasteiger partial charge in [0.1, 0.15) is 5.75 Å². The molecule has 1 aliphatic heterocycles. The van der Waals surface area contributed by atoms with Gasteiger partial charge in [0.25, 0.3) is 0 Å². The summed E-state index contributed by atoms with van der Waals surface area (Å²) in [4.78, 5) is 2.77. The van der Waals surface area contributed by atoms with Gasteiger partial charge < -0.3 is 10.1 Å². The van der Waals surface area contributed by atoms with E-state index in [1.165, 1.54) is 20.9 Å². The molecule has 1 N–H and O–H groups in total. The monoisotopic (exact) mass is 287 g/mol. The molecule has 1 atom stereocenters. The fraction of sp³-hybridized carbons (Fsp3) is 0.412. The lowest BCUT2D eigenvalue weighted by atomic mass is 10.0. The second kappa shape index (κ2) is 5.98. The van der Waals surface area contributed by atoms with Gasteiger partial charge in [0.05, 0.1) is 12.6 Å². The Morgan fingerprint density at radius 3 is 2.95 bits per heavy atom. The van der Waals surface area contributed by atoms with E-state index in [1.54, 1.807) is 0 Å². The minimum atomic E-state index is 0.305. The topological polar surface area (TPSA) is 21.3 Å². The maximum absolute atomic E-state index is 5.61. The summed E-state index contributed by atoms with van der Waals surface area (Å²) in [6.07, 6.45) is 2.18. The van der Waals surface area contributed by atoms with Gasteiger partial charge >= 0.3 is 0 Å². The maximum Gasteiger partial charge on any atom is 0.122 e. The van der Waals surface area contributed by atoms with Crippen LogP contribution in [0.1, 0.15) is 40.3 Å². The zero-order valence-electron chi connectivity index (χ0n) is 12.1. The van der Waals surface area contributed by atoms with E-state index in [-0.39, 0.29) is 0 Å². The summed E-state index contributed by atoms with van der Waals surface area (Å²) in [6, 6.07) is 11.4. The standard InChI is InChI=1S/C17H21NOS/c1-3-9-18-17(16-7-4-12(2)20-16)14-5-6-15-13(11-14)8-10-19-15/h4-7,11,17-18H,3,8-10H2,1-2H3. The molecule has 0 bridgehead atoms. The van der Waals surface area contributed by atoms with E-state index in [9.17, 15) is 0 Å². The van der Waals surface area contributed by atoms with Crippen LogP contribution in [-0.4, -0.2) is 13.2 Å². The number of rotatable bonds is 5. The average Bonchev–Trinajstić information content (AvgIpc) is 3.07. The van der Waals surface area contributed by atoms with Crippen molar-refractivity contribution in [2.24, 2.45) is 0 Å². The molecule has 0 radical (unpaired) electrons. The van der Waals surface area contributed by atoms with Gasteiger partial charge in [-0.2, -0.15) is 0 Å². The number of hydrogen-bond donors (Lipinski definition) is 1. The summed E-state index contributed by atoms with van der Waals surface area (Å²) in [7, 11) is 0. The maximum atomic E-state index is 5.61. The van der Waals surface area contributed by atoms with Gasteiger partial charge in [0.15, 0.2) is 0 Å². The third kappa shape index (κ3) is 2.74. The van der Waals surface area contributed by atoms with Crippen LogP contribution in [0.2, 0.25) is 0 Å². The highest BCUT2D eigenvalue weighted by Gasteiger charge is 2.19. The molecule has 2 nitrogen and oxygen atoms in total. The van der Waals surface area contributed by atoms with Gasteiger partial charge in [-0.1, -0.05) is 19.1 Å². The van der Waals surface area contributed by atoms with Crippen LogP contribution in [-0.2, 0) is 6.42 Å². The molecule has 1 unspecified atom stereocenters. The number of aryl methyl sites for hydroxylation is 1. The molecular formula is C17H21NOS. The lowest BCUT2D eigenvalue weighted by Crippen LogP contribution is -2.22. The molecule has 2 heterocycles. The van der Waals surface area contributed by atoms with E-state index in [1.807, 2.05) is 11.3 Å². The summed E-state index contributed by atoms with van der Waals surface area (Å²) >= 11 is 1.88. The van der Waals surface area contributed by atoms with Crippen LogP contribution in [0, 0.1) is 6.92 Å². The Hall–Kier alpha value is -1.32. The highest BCUT2D eigenvalue weighted by molar-refractivity contribution is 7.12. The SMILES string of the molecule is CCCNC(c1ccc2c(c1)CCO2)c1ccc(C)s1. The van der Waals surface area contributed by atoms with Crippen LogP contribution in [0.25, 0.3) is 0 Å². The van der Waals surface area contributed by atoms with Crippen molar-refractivity contribution in [3.63, 3.8) is 0 Å². The zero-order chi connectivity index (χ0) is 13.9. The van der Waals surface area contributed by atoms with E-state index in [0.717, 1.165) is 31.7 Å². The predicted molar refractivity (Wildman–Crippen MR) is 84.8 cm³/mol. The Kier molecular flexibility index (Phi) is 4.08. The number of nitrogens with one attached hydrogen (secondary N) is 1. The molecule has 0 aliphatic carbocycles. The summed E-state index contributed by atoms with van der Waals surface area (Å²) < 4.78 is 5.61. The van der Waals surface area contributed by atoms with Crippen LogP contribution in [0.3, 0.4) is 0 Å². The first kappa shape index (κ1) is 13.7. The minimum Gasteiger partial charge on any atom is -0.493 e. The summed E-state index contributed by atoms with van der Waals surface area (Å²) in [5.41, 5.74) is 2.70. The molecule has 1 aromatic heterocycles. The number of fused-ring (bicyclic) bond motifs is 1. The first-order chi connectivity index (χ1) is 9.78. The number of ether oxygens (including phenoxy) is 1. The fourth-order valence-corrected chi connectivity index (χ4v) is 3.65. The first-order valence-electron chi connectivity index (χ1n) is 7.33. The van der Waals surface area contributed by atoms with Crippen molar-refractivity contribution < 1.29 is 4.74 Å². The predicted octanol–water partition coefficient (Wildman–Crippen LogP) is 4.08. The molecule has 20 heavy (non-hydrogen) atoms. The first-order valence-corrected chi connectivity index (χ1v) is 8.15. The lowest BCUT2D eigenvalue weighted by Gasteiger charge is -2.18. The molecular weight excluding hydrogens is 266 g/mol. The van der Waals surface area contributed by atoms with Gasteiger partial charge in [0.2, 0.25) is 0 Å². The second-order valence-electron chi connectivity index (χ2n) is 5.30. The van der Waals surface area contributed by atoms with Crippen LogP contribution in [0.5, 0.6) is 5.75 Å². The van der Waals surface area contributed by atoms with Gasteiger partial charge in [-0.05, 0) is 49.2 Å². The van der Waals surface area contributed by atoms with Crippen molar-refractivity contribution in [2.75, 3.05) is 13.2 Å². The molecule has 1 aliphatic rings. The Bertz CT molecular complexity index is 590. The molecule has 2 aromatic rings. The Balaban J connectivity index is 1.92. The number of benzene rings is 1. The third-order valence-electron chi connectivity index (χ3n) is 3.69. The molecule has 0 saturated carbocycles. The van der Waals surface area contributed by atoms with Crippen molar-refractivity contribution in [2.45, 2.75) is 32.7 Å². The molecule has 1 aromatic carbocycles. The second-order valence-corrected chi connectivity index (χ2v) is 6.62. The number of hydrogen-bond acceptors (Lipinski definition) is 3. The molecule has 0 amide bonds. The largest absolute Gasteiger partial charge is 0.493 e. The van der Waals surface area contributed by atoms with Gasteiger partial charge in [-0.25, -0.2) is 0 Å². The Morgan fingerprint density at radius 1 is 1.30 bits per heavy atom. The molecule has 3 rings (SSSR count). The molecule has 0 fully saturated rings. The highest BCUT2D eigenvalue weighted by Crippen LogP contribution is 2.33. The van der Waals surface area contributed by atoms with E-state index in [2.05, 4.69) is 49.5 Å². The van der Waals surface area contributed by atoms with E-state index in [0.29, 0.717) is 6.04 Å². The molecule has 106 valence electrons. The van der Waals surface area contributed by atoms with Gasteiger partial charge in [-0.3, -0.25) is 0 Å². The minimum absolute atomic E-state index is 0.305. The zero-order valence-corrected chi connectivity index (χ0v) is 12.9. The van der Waals surface area contributed by atoms with Crippen molar-refractivity contribution in [1.82, 2.24) is 5.32 Å². The molecule has 0 saturated heterocycles. The third-order valence-corrected chi connectivity index (χ3v) is 4.76. The summed E-state index contributed by atoms with van der Waals surface area (Å²) in [6.45, 7) is 6.24. The summed E-state index contributed by atoms with van der Waals surface area (Å²) in [5, 5.41) is 3.68. The van der Waals surface area contributed by atoms with E-state index < -0.39 is 0 Å². The summed E-state index contributed by atoms with van der Waals surface area (Å²) in [5.74, 6) is 1.06.